The zero-order valence-corrected chi connectivity index (χ0v) is 11.4. The number of amides is 2. The maximum Gasteiger partial charge on any atom is 0.335 e. The summed E-state index contributed by atoms with van der Waals surface area (Å²) in [7, 11) is 0. The molecule has 0 aromatic heterocycles. The van der Waals surface area contributed by atoms with E-state index >= 15 is 0 Å². The Balaban J connectivity index is 2.75. The standard InChI is InChI=1S/C12H13BrN2O3/c1-7(2)6-14-12(18)15-10-4-8(11(16)17)3-9(13)5-10/h3-5H,1,6H2,2H3,(H,16,17)(H2,14,15,18). The molecule has 0 aliphatic rings. The van der Waals surface area contributed by atoms with E-state index in [1.165, 1.54) is 12.1 Å². The van der Waals surface area contributed by atoms with E-state index in [1.807, 2.05) is 0 Å². The molecule has 3 N–H and O–H groups in total. The number of carbonyl (C=O) groups excluding carboxylic acids is 1. The maximum atomic E-state index is 11.5. The number of aromatic carboxylic acids is 1. The summed E-state index contributed by atoms with van der Waals surface area (Å²) in [4.78, 5) is 22.3. The Bertz CT molecular complexity index is 500. The van der Waals surface area contributed by atoms with Gasteiger partial charge in [0.15, 0.2) is 0 Å². The first kappa shape index (κ1) is 14.2. The highest BCUT2D eigenvalue weighted by Crippen LogP contribution is 2.19. The molecule has 0 aliphatic heterocycles. The fourth-order valence-electron chi connectivity index (χ4n) is 1.19. The van der Waals surface area contributed by atoms with Crippen molar-refractivity contribution in [3.8, 4) is 0 Å². The van der Waals surface area contributed by atoms with Crippen LogP contribution in [-0.2, 0) is 0 Å². The maximum absolute atomic E-state index is 11.5. The average molecular weight is 313 g/mol. The monoisotopic (exact) mass is 312 g/mol. The molecule has 2 amide bonds. The minimum absolute atomic E-state index is 0.0968. The van der Waals surface area contributed by atoms with Crippen molar-refractivity contribution < 1.29 is 14.7 Å². The molecule has 18 heavy (non-hydrogen) atoms. The van der Waals surface area contributed by atoms with Gasteiger partial charge in [0.1, 0.15) is 0 Å². The third-order valence-electron chi connectivity index (χ3n) is 1.95. The van der Waals surface area contributed by atoms with E-state index in [1.54, 1.807) is 13.0 Å². The van der Waals surface area contributed by atoms with Crippen LogP contribution in [-0.4, -0.2) is 23.7 Å². The van der Waals surface area contributed by atoms with Crippen molar-refractivity contribution in [2.24, 2.45) is 0 Å². The minimum Gasteiger partial charge on any atom is -0.478 e. The molecule has 0 aliphatic carbocycles. The van der Waals surface area contributed by atoms with Crippen LogP contribution in [0.15, 0.2) is 34.8 Å². The summed E-state index contributed by atoms with van der Waals surface area (Å²) in [5.74, 6) is -1.05. The number of carbonyl (C=O) groups is 2. The summed E-state index contributed by atoms with van der Waals surface area (Å²) in [6.07, 6.45) is 0. The summed E-state index contributed by atoms with van der Waals surface area (Å²) in [5, 5.41) is 14.0. The van der Waals surface area contributed by atoms with Crippen molar-refractivity contribution >= 4 is 33.6 Å². The molecule has 1 aromatic rings. The molecule has 0 heterocycles. The molecule has 0 unspecified atom stereocenters. The van der Waals surface area contributed by atoms with Gasteiger partial charge in [-0.15, -0.1) is 0 Å². The Morgan fingerprint density at radius 3 is 2.61 bits per heavy atom. The molecule has 1 aromatic carbocycles. The molecule has 0 fully saturated rings. The average Bonchev–Trinajstić information content (AvgIpc) is 2.25. The summed E-state index contributed by atoms with van der Waals surface area (Å²) < 4.78 is 0.581. The summed E-state index contributed by atoms with van der Waals surface area (Å²) in [6.45, 7) is 5.82. The van der Waals surface area contributed by atoms with Crippen LogP contribution in [0.5, 0.6) is 0 Å². The molecule has 5 nitrogen and oxygen atoms in total. The van der Waals surface area contributed by atoms with Gasteiger partial charge < -0.3 is 15.7 Å². The first-order chi connectivity index (χ1) is 8.38. The molecule has 1 rings (SSSR count). The zero-order chi connectivity index (χ0) is 13.7. The zero-order valence-electron chi connectivity index (χ0n) is 9.79. The third-order valence-corrected chi connectivity index (χ3v) is 2.41. The number of urea groups is 1. The fraction of sp³-hybridized carbons (Fsp3) is 0.167. The normalized spacial score (nSPS) is 9.67. The van der Waals surface area contributed by atoms with E-state index in [-0.39, 0.29) is 5.56 Å². The Morgan fingerprint density at radius 1 is 1.39 bits per heavy atom. The van der Waals surface area contributed by atoms with Gasteiger partial charge in [0.2, 0.25) is 0 Å². The molecule has 0 atom stereocenters. The van der Waals surface area contributed by atoms with Crippen LogP contribution in [0.25, 0.3) is 0 Å². The van der Waals surface area contributed by atoms with E-state index in [0.717, 1.165) is 5.57 Å². The van der Waals surface area contributed by atoms with E-state index < -0.39 is 12.0 Å². The summed E-state index contributed by atoms with van der Waals surface area (Å²) >= 11 is 3.18. The van der Waals surface area contributed by atoms with Gasteiger partial charge in [-0.05, 0) is 25.1 Å². The number of hydrogen-bond donors (Lipinski definition) is 3. The fourth-order valence-corrected chi connectivity index (χ4v) is 1.68. The second-order valence-corrected chi connectivity index (χ2v) is 4.71. The first-order valence-electron chi connectivity index (χ1n) is 5.11. The smallest absolute Gasteiger partial charge is 0.335 e. The number of rotatable bonds is 4. The highest BCUT2D eigenvalue weighted by Gasteiger charge is 2.08. The molecule has 0 saturated carbocycles. The van der Waals surface area contributed by atoms with E-state index in [4.69, 9.17) is 5.11 Å². The van der Waals surface area contributed by atoms with E-state index in [9.17, 15) is 9.59 Å². The van der Waals surface area contributed by atoms with Crippen LogP contribution in [0, 0.1) is 0 Å². The molecule has 0 spiro atoms. The van der Waals surface area contributed by atoms with Crippen LogP contribution in [0.1, 0.15) is 17.3 Å². The van der Waals surface area contributed by atoms with Crippen molar-refractivity contribution in [2.75, 3.05) is 11.9 Å². The second-order valence-electron chi connectivity index (χ2n) is 3.80. The van der Waals surface area contributed by atoms with Gasteiger partial charge in [0.25, 0.3) is 0 Å². The molecule has 0 radical (unpaired) electrons. The largest absolute Gasteiger partial charge is 0.478 e. The number of halogens is 1. The molecular formula is C12H13BrN2O3. The van der Waals surface area contributed by atoms with Crippen LogP contribution >= 0.6 is 15.9 Å². The van der Waals surface area contributed by atoms with Gasteiger partial charge in [-0.3, -0.25) is 0 Å². The third kappa shape index (κ3) is 4.58. The van der Waals surface area contributed by atoms with Crippen LogP contribution in [0.2, 0.25) is 0 Å². The lowest BCUT2D eigenvalue weighted by Gasteiger charge is -2.08. The minimum atomic E-state index is -1.05. The lowest BCUT2D eigenvalue weighted by Crippen LogP contribution is -2.29. The first-order valence-corrected chi connectivity index (χ1v) is 5.91. The molecule has 0 saturated heterocycles. The summed E-state index contributed by atoms with van der Waals surface area (Å²) in [6, 6.07) is 4.05. The quantitative estimate of drug-likeness (QED) is 0.748. The number of hydrogen-bond acceptors (Lipinski definition) is 2. The van der Waals surface area contributed by atoms with Crippen molar-refractivity contribution in [2.45, 2.75) is 6.92 Å². The Labute approximate surface area is 113 Å². The van der Waals surface area contributed by atoms with Gasteiger partial charge in [-0.25, -0.2) is 9.59 Å². The van der Waals surface area contributed by atoms with E-state index in [2.05, 4.69) is 33.1 Å². The van der Waals surface area contributed by atoms with Crippen LogP contribution in [0.4, 0.5) is 10.5 Å². The second kappa shape index (κ2) is 6.20. The number of carboxylic acid groups (broad SMARTS) is 1. The predicted octanol–water partition coefficient (Wildman–Crippen LogP) is 2.84. The van der Waals surface area contributed by atoms with Gasteiger partial charge in [0, 0.05) is 16.7 Å². The molecule has 6 heteroatoms. The van der Waals surface area contributed by atoms with Gasteiger partial charge in [0.05, 0.1) is 5.56 Å². The van der Waals surface area contributed by atoms with Crippen LogP contribution < -0.4 is 10.6 Å². The predicted molar refractivity (Wildman–Crippen MR) is 72.9 cm³/mol. The Hall–Kier alpha value is -1.82. The van der Waals surface area contributed by atoms with Crippen molar-refractivity contribution in [3.63, 3.8) is 0 Å². The Morgan fingerprint density at radius 2 is 2.06 bits per heavy atom. The van der Waals surface area contributed by atoms with Crippen molar-refractivity contribution in [1.29, 1.82) is 0 Å². The lowest BCUT2D eigenvalue weighted by atomic mass is 10.2. The van der Waals surface area contributed by atoms with Crippen LogP contribution in [0.3, 0.4) is 0 Å². The Kier molecular flexibility index (Phi) is 4.91. The van der Waals surface area contributed by atoms with Gasteiger partial charge in [-0.2, -0.15) is 0 Å². The van der Waals surface area contributed by atoms with Gasteiger partial charge in [-0.1, -0.05) is 28.1 Å². The van der Waals surface area contributed by atoms with E-state index in [0.29, 0.717) is 16.7 Å². The highest BCUT2D eigenvalue weighted by atomic mass is 79.9. The SMILES string of the molecule is C=C(C)CNC(=O)Nc1cc(Br)cc(C(=O)O)c1. The number of carboxylic acids is 1. The number of anilines is 1. The van der Waals surface area contributed by atoms with Gasteiger partial charge >= 0.3 is 12.0 Å². The topological polar surface area (TPSA) is 78.4 Å². The van der Waals surface area contributed by atoms with Crippen molar-refractivity contribution in [3.05, 3.63) is 40.4 Å². The molecule has 0 bridgehead atoms. The lowest BCUT2D eigenvalue weighted by molar-refractivity contribution is 0.0697. The number of nitrogens with one attached hydrogen (secondary N) is 2. The highest BCUT2D eigenvalue weighted by molar-refractivity contribution is 9.10. The molecular weight excluding hydrogens is 300 g/mol. The molecule has 96 valence electrons. The number of benzene rings is 1. The van der Waals surface area contributed by atoms with Crippen molar-refractivity contribution in [1.82, 2.24) is 5.32 Å². The summed E-state index contributed by atoms with van der Waals surface area (Å²) in [5.41, 5.74) is 1.33.